The van der Waals surface area contributed by atoms with Gasteiger partial charge in [0, 0.05) is 33.0 Å². The molecule has 4 heteroatoms. The topological polar surface area (TPSA) is 49.4 Å². The van der Waals surface area contributed by atoms with Gasteiger partial charge in [0.25, 0.3) is 0 Å². The van der Waals surface area contributed by atoms with Gasteiger partial charge in [0.05, 0.1) is 0 Å². The van der Waals surface area contributed by atoms with Gasteiger partial charge in [0.15, 0.2) is 0 Å². The van der Waals surface area contributed by atoms with E-state index in [0.29, 0.717) is 26.1 Å². The van der Waals surface area contributed by atoms with E-state index in [1.807, 2.05) is 36.4 Å². The normalized spacial score (nSPS) is 10.3. The Labute approximate surface area is 156 Å². The summed E-state index contributed by atoms with van der Waals surface area (Å²) in [6.45, 7) is 3.34. The van der Waals surface area contributed by atoms with E-state index in [2.05, 4.69) is 29.6 Å². The lowest BCUT2D eigenvalue weighted by Crippen LogP contribution is -2.35. The molecular formula is C22H28N2O2. The Hall–Kier alpha value is -2.62. The highest BCUT2D eigenvalue weighted by atomic mass is 16.2. The number of benzene rings is 2. The average Bonchev–Trinajstić information content (AvgIpc) is 2.66. The third-order valence-corrected chi connectivity index (χ3v) is 4.37. The first-order valence-electron chi connectivity index (χ1n) is 9.25. The lowest BCUT2D eigenvalue weighted by molar-refractivity contribution is -0.129. The number of aryl methyl sites for hydroxylation is 1. The maximum absolute atomic E-state index is 12.0. The summed E-state index contributed by atoms with van der Waals surface area (Å²) in [6, 6.07) is 20.3. The molecule has 0 saturated carbocycles. The molecule has 0 bridgehead atoms. The molecule has 0 saturated heterocycles. The fourth-order valence-corrected chi connectivity index (χ4v) is 2.86. The summed E-state index contributed by atoms with van der Waals surface area (Å²) in [5.41, 5.74) is 2.48. The summed E-state index contributed by atoms with van der Waals surface area (Å²) in [4.78, 5) is 25.6. The van der Waals surface area contributed by atoms with E-state index in [1.54, 1.807) is 11.8 Å². The zero-order chi connectivity index (χ0) is 18.6. The zero-order valence-electron chi connectivity index (χ0n) is 15.5. The Morgan fingerprint density at radius 2 is 1.42 bits per heavy atom. The van der Waals surface area contributed by atoms with Gasteiger partial charge < -0.3 is 10.2 Å². The van der Waals surface area contributed by atoms with E-state index in [1.165, 1.54) is 11.1 Å². The van der Waals surface area contributed by atoms with Crippen LogP contribution < -0.4 is 5.32 Å². The zero-order valence-corrected chi connectivity index (χ0v) is 15.5. The van der Waals surface area contributed by atoms with Crippen molar-refractivity contribution < 1.29 is 9.59 Å². The first-order valence-corrected chi connectivity index (χ1v) is 9.25. The second-order valence-electron chi connectivity index (χ2n) is 6.43. The monoisotopic (exact) mass is 352 g/mol. The van der Waals surface area contributed by atoms with Gasteiger partial charge in [0.1, 0.15) is 0 Å². The van der Waals surface area contributed by atoms with E-state index >= 15 is 0 Å². The van der Waals surface area contributed by atoms with Gasteiger partial charge in [-0.25, -0.2) is 0 Å². The standard InChI is InChI=1S/C22H28N2O2/c1-19(25)24(17-8-13-20-9-4-2-5-10-20)18-15-22(26)23-16-14-21-11-6-3-7-12-21/h2-7,9-12H,8,13-18H2,1H3,(H,23,26). The lowest BCUT2D eigenvalue weighted by atomic mass is 10.1. The van der Waals surface area contributed by atoms with Gasteiger partial charge in [-0.1, -0.05) is 60.7 Å². The van der Waals surface area contributed by atoms with Crippen molar-refractivity contribution in [3.05, 3.63) is 71.8 Å². The summed E-state index contributed by atoms with van der Waals surface area (Å²) in [5, 5.41) is 2.93. The van der Waals surface area contributed by atoms with Crippen molar-refractivity contribution in [3.8, 4) is 0 Å². The fraction of sp³-hybridized carbons (Fsp3) is 0.364. The minimum atomic E-state index is -0.00441. The van der Waals surface area contributed by atoms with Crippen LogP contribution in [-0.4, -0.2) is 36.3 Å². The Morgan fingerprint density at radius 1 is 0.846 bits per heavy atom. The Balaban J connectivity index is 1.65. The van der Waals surface area contributed by atoms with Crippen molar-refractivity contribution in [1.82, 2.24) is 10.2 Å². The van der Waals surface area contributed by atoms with Crippen molar-refractivity contribution in [2.24, 2.45) is 0 Å². The molecule has 0 spiro atoms. The molecule has 2 aromatic rings. The third kappa shape index (κ3) is 7.51. The summed E-state index contributed by atoms with van der Waals surface area (Å²) in [5.74, 6) is 0.0189. The molecule has 0 aliphatic carbocycles. The van der Waals surface area contributed by atoms with Crippen molar-refractivity contribution in [2.45, 2.75) is 32.6 Å². The number of carbonyl (C=O) groups is 2. The number of hydrogen-bond donors (Lipinski definition) is 1. The average molecular weight is 352 g/mol. The third-order valence-electron chi connectivity index (χ3n) is 4.37. The SMILES string of the molecule is CC(=O)N(CCCc1ccccc1)CCC(=O)NCCc1ccccc1. The van der Waals surface area contributed by atoms with Crippen molar-refractivity contribution >= 4 is 11.8 Å². The minimum Gasteiger partial charge on any atom is -0.356 e. The Kier molecular flexibility index (Phi) is 8.40. The van der Waals surface area contributed by atoms with Gasteiger partial charge in [-0.3, -0.25) is 9.59 Å². The molecule has 0 aliphatic rings. The molecule has 2 aromatic carbocycles. The molecule has 0 atom stereocenters. The van der Waals surface area contributed by atoms with Gasteiger partial charge in [0.2, 0.25) is 11.8 Å². The Morgan fingerprint density at radius 3 is 2.00 bits per heavy atom. The van der Waals surface area contributed by atoms with E-state index in [9.17, 15) is 9.59 Å². The summed E-state index contributed by atoms with van der Waals surface area (Å²) in [7, 11) is 0. The Bertz CT molecular complexity index is 671. The first-order chi connectivity index (χ1) is 12.6. The highest BCUT2D eigenvalue weighted by Gasteiger charge is 2.11. The number of amides is 2. The lowest BCUT2D eigenvalue weighted by Gasteiger charge is -2.20. The molecule has 26 heavy (non-hydrogen) atoms. The molecule has 2 amide bonds. The summed E-state index contributed by atoms with van der Waals surface area (Å²) < 4.78 is 0. The van der Waals surface area contributed by atoms with E-state index in [4.69, 9.17) is 0 Å². The second-order valence-corrected chi connectivity index (χ2v) is 6.43. The molecule has 4 nitrogen and oxygen atoms in total. The number of nitrogens with zero attached hydrogens (tertiary/aromatic N) is 1. The maximum atomic E-state index is 12.0. The maximum Gasteiger partial charge on any atom is 0.221 e. The van der Waals surface area contributed by atoms with Crippen molar-refractivity contribution in [2.75, 3.05) is 19.6 Å². The van der Waals surface area contributed by atoms with Crippen LogP contribution in [0.3, 0.4) is 0 Å². The predicted octanol–water partition coefficient (Wildman–Crippen LogP) is 3.22. The molecular weight excluding hydrogens is 324 g/mol. The molecule has 0 fully saturated rings. The number of hydrogen-bond acceptors (Lipinski definition) is 2. The molecule has 0 aromatic heterocycles. The van der Waals surface area contributed by atoms with Crippen LogP contribution in [0.4, 0.5) is 0 Å². The van der Waals surface area contributed by atoms with Crippen LogP contribution in [0.25, 0.3) is 0 Å². The molecule has 2 rings (SSSR count). The molecule has 0 heterocycles. The molecule has 0 unspecified atom stereocenters. The smallest absolute Gasteiger partial charge is 0.221 e. The van der Waals surface area contributed by atoms with Crippen molar-refractivity contribution in [3.63, 3.8) is 0 Å². The molecule has 0 aliphatic heterocycles. The minimum absolute atomic E-state index is 0.00441. The van der Waals surface area contributed by atoms with Crippen molar-refractivity contribution in [1.29, 1.82) is 0 Å². The highest BCUT2D eigenvalue weighted by molar-refractivity contribution is 5.78. The van der Waals surface area contributed by atoms with Crippen LogP contribution in [0.15, 0.2) is 60.7 Å². The fourth-order valence-electron chi connectivity index (χ4n) is 2.86. The van der Waals surface area contributed by atoms with Crippen LogP contribution in [0.1, 0.15) is 30.9 Å². The number of carbonyl (C=O) groups excluding carboxylic acids is 2. The van der Waals surface area contributed by atoms with Crippen LogP contribution in [0.2, 0.25) is 0 Å². The van der Waals surface area contributed by atoms with Crippen LogP contribution in [-0.2, 0) is 22.4 Å². The van der Waals surface area contributed by atoms with Crippen LogP contribution in [0.5, 0.6) is 0 Å². The molecule has 1 N–H and O–H groups in total. The van der Waals surface area contributed by atoms with Gasteiger partial charge in [-0.2, -0.15) is 0 Å². The van der Waals surface area contributed by atoms with Crippen LogP contribution >= 0.6 is 0 Å². The number of rotatable bonds is 10. The summed E-state index contributed by atoms with van der Waals surface area (Å²) >= 11 is 0. The van der Waals surface area contributed by atoms with Gasteiger partial charge >= 0.3 is 0 Å². The predicted molar refractivity (Wildman–Crippen MR) is 105 cm³/mol. The molecule has 0 radical (unpaired) electrons. The van der Waals surface area contributed by atoms with Gasteiger partial charge in [-0.15, -0.1) is 0 Å². The van der Waals surface area contributed by atoms with E-state index in [0.717, 1.165) is 19.3 Å². The highest BCUT2D eigenvalue weighted by Crippen LogP contribution is 2.04. The van der Waals surface area contributed by atoms with E-state index < -0.39 is 0 Å². The molecule has 138 valence electrons. The van der Waals surface area contributed by atoms with Gasteiger partial charge in [-0.05, 0) is 30.4 Å². The van der Waals surface area contributed by atoms with E-state index in [-0.39, 0.29) is 11.8 Å². The number of nitrogens with one attached hydrogen (secondary N) is 1. The first kappa shape index (κ1) is 19.7. The second kappa shape index (κ2) is 11.1. The largest absolute Gasteiger partial charge is 0.356 e. The quantitative estimate of drug-likeness (QED) is 0.714. The summed E-state index contributed by atoms with van der Waals surface area (Å²) in [6.07, 6.45) is 3.01. The van der Waals surface area contributed by atoms with Crippen LogP contribution in [0, 0.1) is 0 Å².